The fourth-order valence-electron chi connectivity index (χ4n) is 2.48. The third kappa shape index (κ3) is 3.44. The van der Waals surface area contributed by atoms with Crippen LogP contribution in [0.5, 0.6) is 11.8 Å². The number of pyridine rings is 1. The normalized spacial score (nSPS) is 16.5. The van der Waals surface area contributed by atoms with Crippen molar-refractivity contribution in [3.63, 3.8) is 0 Å². The molecule has 3 rings (SSSR count). The van der Waals surface area contributed by atoms with Gasteiger partial charge in [-0.05, 0) is 26.8 Å². The Labute approximate surface area is 147 Å². The number of carbonyl (C=O) groups excluding carboxylic acids is 1. The van der Waals surface area contributed by atoms with Gasteiger partial charge in [0.05, 0.1) is 18.6 Å². The predicted molar refractivity (Wildman–Crippen MR) is 86.2 cm³/mol. The lowest BCUT2D eigenvalue weighted by Gasteiger charge is -2.48. The number of hydrogen-bond donors (Lipinski definition) is 1. The van der Waals surface area contributed by atoms with Gasteiger partial charge >= 0.3 is 6.09 Å². The maximum Gasteiger partial charge on any atom is 0.410 e. The van der Waals surface area contributed by atoms with Crippen molar-refractivity contribution in [3.8, 4) is 11.8 Å². The Balaban J connectivity index is 1.77. The molecule has 140 valence electrons. The van der Waals surface area contributed by atoms with Crippen LogP contribution in [0.15, 0.2) is 18.5 Å². The molecule has 2 aromatic heterocycles. The van der Waals surface area contributed by atoms with E-state index in [0.717, 1.165) is 11.2 Å². The maximum absolute atomic E-state index is 13.6. The minimum absolute atomic E-state index is 0.0396. The lowest BCUT2D eigenvalue weighted by Crippen LogP contribution is -2.70. The Morgan fingerprint density at radius 2 is 2.00 bits per heavy atom. The summed E-state index contributed by atoms with van der Waals surface area (Å²) in [6, 6.07) is 2.84. The summed E-state index contributed by atoms with van der Waals surface area (Å²) < 4.78 is 37.7. The molecule has 3 heterocycles. The van der Waals surface area contributed by atoms with Gasteiger partial charge in [-0.3, -0.25) is 4.90 Å². The first-order valence-electron chi connectivity index (χ1n) is 7.85. The van der Waals surface area contributed by atoms with Crippen molar-refractivity contribution in [1.82, 2.24) is 19.9 Å². The zero-order chi connectivity index (χ0) is 19.1. The molecule has 0 aromatic carbocycles. The van der Waals surface area contributed by atoms with E-state index in [2.05, 4.69) is 15.0 Å². The van der Waals surface area contributed by atoms with Crippen molar-refractivity contribution in [2.24, 2.45) is 0 Å². The second kappa shape index (κ2) is 6.19. The largest absolute Gasteiger partial charge is 0.492 e. The van der Waals surface area contributed by atoms with Crippen LogP contribution in [0.2, 0.25) is 0 Å². The minimum Gasteiger partial charge on any atom is -0.492 e. The van der Waals surface area contributed by atoms with Crippen LogP contribution in [-0.2, 0) is 4.74 Å². The third-order valence-electron chi connectivity index (χ3n) is 3.71. The Kier molecular flexibility index (Phi) is 4.29. The molecule has 1 saturated heterocycles. The standard InChI is InChI=1S/C16H18F2N4O4/c1-15(2,3)26-14(24)22-6-16(7-22,13(17)18)25-10-5-4-9-11(21-10)12(23)20-8-19-9/h4-5,8,13H,6-7H2,1-3H3,(H,19,20,23). The van der Waals surface area contributed by atoms with E-state index in [9.17, 15) is 18.7 Å². The van der Waals surface area contributed by atoms with Gasteiger partial charge in [-0.25, -0.2) is 28.5 Å². The minimum atomic E-state index is -2.85. The van der Waals surface area contributed by atoms with Crippen LogP contribution >= 0.6 is 0 Å². The van der Waals surface area contributed by atoms with Crippen molar-refractivity contribution in [1.29, 1.82) is 0 Å². The molecule has 1 fully saturated rings. The van der Waals surface area contributed by atoms with Crippen molar-refractivity contribution in [3.05, 3.63) is 18.5 Å². The number of halogens is 2. The van der Waals surface area contributed by atoms with Gasteiger partial charge in [0.1, 0.15) is 11.9 Å². The number of hydrogen-bond acceptors (Lipinski definition) is 7. The first-order valence-corrected chi connectivity index (χ1v) is 7.85. The smallest absolute Gasteiger partial charge is 0.410 e. The summed E-state index contributed by atoms with van der Waals surface area (Å²) in [5.41, 5.74) is -2.22. The van der Waals surface area contributed by atoms with Crippen LogP contribution in [0.4, 0.5) is 13.6 Å². The van der Waals surface area contributed by atoms with Crippen molar-refractivity contribution >= 4 is 17.1 Å². The molecule has 1 N–H and O–H groups in total. The molecule has 0 bridgehead atoms. The summed E-state index contributed by atoms with van der Waals surface area (Å²) in [7, 11) is 0. The zero-order valence-corrected chi connectivity index (χ0v) is 14.4. The highest BCUT2D eigenvalue weighted by molar-refractivity contribution is 5.78. The number of fused-ring (bicyclic) bond motifs is 1. The summed E-state index contributed by atoms with van der Waals surface area (Å²) in [4.78, 5) is 24.6. The Bertz CT molecular complexity index is 835. The van der Waals surface area contributed by atoms with E-state index in [4.69, 9.17) is 9.47 Å². The van der Waals surface area contributed by atoms with Crippen LogP contribution in [0, 0.1) is 0 Å². The van der Waals surface area contributed by atoms with Crippen LogP contribution in [0.3, 0.4) is 0 Å². The molecule has 0 atom stereocenters. The number of rotatable bonds is 3. The number of aromatic hydroxyl groups is 1. The van der Waals surface area contributed by atoms with Crippen LogP contribution in [0.25, 0.3) is 11.0 Å². The summed E-state index contributed by atoms with van der Waals surface area (Å²) in [6.07, 6.45) is -2.38. The molecule has 0 unspecified atom stereocenters. The monoisotopic (exact) mass is 368 g/mol. The van der Waals surface area contributed by atoms with Crippen molar-refractivity contribution in [2.45, 2.75) is 38.4 Å². The summed E-state index contributed by atoms with van der Waals surface area (Å²) in [6.45, 7) is 4.40. The highest BCUT2D eigenvalue weighted by atomic mass is 19.3. The molecule has 2 aromatic rings. The molecule has 0 saturated carbocycles. The molecular formula is C16H18F2N4O4. The van der Waals surface area contributed by atoms with Gasteiger partial charge in [-0.2, -0.15) is 0 Å². The Hall–Kier alpha value is -2.78. The van der Waals surface area contributed by atoms with E-state index < -0.39 is 23.7 Å². The molecule has 8 nitrogen and oxygen atoms in total. The number of likely N-dealkylation sites (tertiary alicyclic amines) is 1. The molecule has 1 amide bonds. The molecule has 26 heavy (non-hydrogen) atoms. The summed E-state index contributed by atoms with van der Waals surface area (Å²) in [5, 5.41) is 9.71. The number of amides is 1. The summed E-state index contributed by atoms with van der Waals surface area (Å²) >= 11 is 0. The van der Waals surface area contributed by atoms with Gasteiger partial charge in [0.15, 0.2) is 5.52 Å². The Morgan fingerprint density at radius 1 is 1.31 bits per heavy atom. The fraction of sp³-hybridized carbons (Fsp3) is 0.500. The average molecular weight is 368 g/mol. The molecule has 0 spiro atoms. The molecular weight excluding hydrogens is 350 g/mol. The Morgan fingerprint density at radius 3 is 2.62 bits per heavy atom. The van der Waals surface area contributed by atoms with Crippen LogP contribution in [-0.4, -0.2) is 61.8 Å². The second-order valence-electron chi connectivity index (χ2n) is 7.02. The van der Waals surface area contributed by atoms with Crippen molar-refractivity contribution < 1.29 is 28.2 Å². The topological polar surface area (TPSA) is 97.7 Å². The van der Waals surface area contributed by atoms with E-state index in [-0.39, 0.29) is 30.4 Å². The highest BCUT2D eigenvalue weighted by Crippen LogP contribution is 2.34. The van der Waals surface area contributed by atoms with Gasteiger partial charge in [0.2, 0.25) is 17.4 Å². The summed E-state index contributed by atoms with van der Waals surface area (Å²) in [5.74, 6) is -0.498. The number of ether oxygens (including phenoxy) is 2. The second-order valence-corrected chi connectivity index (χ2v) is 7.02. The van der Waals surface area contributed by atoms with Gasteiger partial charge in [-0.1, -0.05) is 0 Å². The van der Waals surface area contributed by atoms with Crippen LogP contribution in [0.1, 0.15) is 20.8 Å². The van der Waals surface area contributed by atoms with Gasteiger partial charge in [0, 0.05) is 6.07 Å². The quantitative estimate of drug-likeness (QED) is 0.888. The van der Waals surface area contributed by atoms with Gasteiger partial charge in [-0.15, -0.1) is 0 Å². The first kappa shape index (κ1) is 18.0. The van der Waals surface area contributed by atoms with Gasteiger partial charge in [0.25, 0.3) is 6.43 Å². The van der Waals surface area contributed by atoms with E-state index in [1.165, 1.54) is 12.1 Å². The predicted octanol–water partition coefficient (Wildman–Crippen LogP) is 2.36. The number of carbonyl (C=O) groups is 1. The van der Waals surface area contributed by atoms with Crippen molar-refractivity contribution in [2.75, 3.05) is 13.1 Å². The molecule has 1 aliphatic rings. The van der Waals surface area contributed by atoms with E-state index in [1.54, 1.807) is 20.8 Å². The lowest BCUT2D eigenvalue weighted by molar-refractivity contribution is -0.158. The van der Waals surface area contributed by atoms with E-state index in [1.807, 2.05) is 0 Å². The third-order valence-corrected chi connectivity index (χ3v) is 3.71. The molecule has 0 aliphatic carbocycles. The lowest BCUT2D eigenvalue weighted by atomic mass is 9.95. The molecule has 10 heteroatoms. The van der Waals surface area contributed by atoms with Gasteiger partial charge < -0.3 is 14.6 Å². The average Bonchev–Trinajstić information content (AvgIpc) is 2.49. The maximum atomic E-state index is 13.6. The molecule has 1 aliphatic heterocycles. The first-order chi connectivity index (χ1) is 12.1. The number of nitrogens with zero attached hydrogens (tertiary/aromatic N) is 4. The van der Waals surface area contributed by atoms with Crippen LogP contribution < -0.4 is 4.74 Å². The zero-order valence-electron chi connectivity index (χ0n) is 14.4. The number of aromatic nitrogens is 3. The SMILES string of the molecule is CC(C)(C)OC(=O)N1CC(Oc2ccc3ncnc(O)c3n2)(C(F)F)C1. The van der Waals surface area contributed by atoms with E-state index >= 15 is 0 Å². The molecule has 0 radical (unpaired) electrons. The van der Waals surface area contributed by atoms with E-state index in [0.29, 0.717) is 5.52 Å². The number of alkyl halides is 2. The fourth-order valence-corrected chi connectivity index (χ4v) is 2.48. The highest BCUT2D eigenvalue weighted by Gasteiger charge is 2.56.